The lowest BCUT2D eigenvalue weighted by Crippen LogP contribution is -2.27. The molecular weight excluding hydrogens is 322 g/mol. The number of hydrogen-bond donors (Lipinski definition) is 3. The normalized spacial score (nSPS) is 14.2. The van der Waals surface area contributed by atoms with Gasteiger partial charge in [-0.25, -0.2) is 4.98 Å². The van der Waals surface area contributed by atoms with Crippen LogP contribution in [0.4, 0.5) is 5.69 Å². The van der Waals surface area contributed by atoms with Gasteiger partial charge in [-0.05, 0) is 37.5 Å². The van der Waals surface area contributed by atoms with Crippen molar-refractivity contribution in [2.45, 2.75) is 38.6 Å². The predicted octanol–water partition coefficient (Wildman–Crippen LogP) is 3.05. The van der Waals surface area contributed by atoms with Crippen LogP contribution in [-0.2, 0) is 6.54 Å². The lowest BCUT2D eigenvalue weighted by molar-refractivity contribution is 0.0944. The molecule has 0 bridgehead atoms. The van der Waals surface area contributed by atoms with Gasteiger partial charge in [0.15, 0.2) is 0 Å². The number of carbonyl (C=O) groups is 1. The highest BCUT2D eigenvalue weighted by Crippen LogP contribution is 2.38. The molecule has 0 radical (unpaired) electrons. The summed E-state index contributed by atoms with van der Waals surface area (Å²) in [6.07, 6.45) is 5.82. The molecular formula is C18H23N3O2S. The lowest BCUT2D eigenvalue weighted by atomic mass is 9.86. The summed E-state index contributed by atoms with van der Waals surface area (Å²) < 4.78 is 0. The van der Waals surface area contributed by atoms with Crippen molar-refractivity contribution in [2.75, 3.05) is 18.5 Å². The number of nitrogens with zero attached hydrogens (tertiary/aromatic N) is 1. The average Bonchev–Trinajstić information content (AvgIpc) is 2.98. The lowest BCUT2D eigenvalue weighted by Gasteiger charge is -2.22. The quantitative estimate of drug-likeness (QED) is 0.721. The zero-order valence-corrected chi connectivity index (χ0v) is 14.7. The van der Waals surface area contributed by atoms with Crippen LogP contribution in [0.1, 0.15) is 51.0 Å². The van der Waals surface area contributed by atoms with Crippen molar-refractivity contribution in [3.8, 4) is 0 Å². The number of hydrogen-bond acceptors (Lipinski definition) is 5. The Labute approximate surface area is 146 Å². The zero-order valence-electron chi connectivity index (χ0n) is 13.8. The third-order valence-corrected chi connectivity index (χ3v) is 5.61. The molecule has 0 atom stereocenters. The van der Waals surface area contributed by atoms with Gasteiger partial charge in [0.2, 0.25) is 0 Å². The number of aliphatic hydroxyl groups excluding tert-OH is 1. The molecule has 0 spiro atoms. The Morgan fingerprint density at radius 3 is 2.96 bits per heavy atom. The topological polar surface area (TPSA) is 74.2 Å². The van der Waals surface area contributed by atoms with Gasteiger partial charge in [-0.3, -0.25) is 4.79 Å². The van der Waals surface area contributed by atoms with Crippen molar-refractivity contribution in [2.24, 2.45) is 0 Å². The summed E-state index contributed by atoms with van der Waals surface area (Å²) in [5.41, 5.74) is 2.50. The second kappa shape index (κ2) is 7.77. The summed E-state index contributed by atoms with van der Waals surface area (Å²) in [5.74, 6) is 0.513. The van der Waals surface area contributed by atoms with Crippen LogP contribution in [-0.4, -0.2) is 29.1 Å². The molecule has 1 heterocycles. The standard InChI is InChI=1S/C18H23N3O2S/c1-12-15(17(23)19-8-9-22)6-3-7-16(12)20-10-14-11-21-18(24-14)13-4-2-5-13/h3,6-7,11,13,20,22H,2,4-5,8-10H2,1H3,(H,19,23). The van der Waals surface area contributed by atoms with E-state index >= 15 is 0 Å². The van der Waals surface area contributed by atoms with Crippen molar-refractivity contribution in [3.63, 3.8) is 0 Å². The van der Waals surface area contributed by atoms with E-state index < -0.39 is 0 Å². The molecule has 1 aliphatic rings. The number of thiazole rings is 1. The molecule has 0 aliphatic heterocycles. The highest BCUT2D eigenvalue weighted by Gasteiger charge is 2.22. The second-order valence-corrected chi connectivity index (χ2v) is 7.25. The third kappa shape index (κ3) is 3.76. The molecule has 0 unspecified atom stereocenters. The fraction of sp³-hybridized carbons (Fsp3) is 0.444. The summed E-state index contributed by atoms with van der Waals surface area (Å²) in [6.45, 7) is 2.85. The molecule has 5 nitrogen and oxygen atoms in total. The van der Waals surface area contributed by atoms with Crippen LogP contribution in [0.15, 0.2) is 24.4 Å². The number of carbonyl (C=O) groups excluding carboxylic acids is 1. The van der Waals surface area contributed by atoms with Gasteiger partial charge in [0.25, 0.3) is 5.91 Å². The first kappa shape index (κ1) is 16.9. The van der Waals surface area contributed by atoms with Gasteiger partial charge in [0.05, 0.1) is 18.2 Å². The minimum atomic E-state index is -0.157. The number of benzene rings is 1. The Morgan fingerprint density at radius 1 is 1.42 bits per heavy atom. The van der Waals surface area contributed by atoms with Gasteiger partial charge in [-0.15, -0.1) is 11.3 Å². The molecule has 24 heavy (non-hydrogen) atoms. The molecule has 3 N–H and O–H groups in total. The summed E-state index contributed by atoms with van der Waals surface area (Å²) in [4.78, 5) is 17.9. The Hall–Kier alpha value is -1.92. The van der Waals surface area contributed by atoms with Crippen molar-refractivity contribution in [1.82, 2.24) is 10.3 Å². The highest BCUT2D eigenvalue weighted by molar-refractivity contribution is 7.11. The molecule has 1 fully saturated rings. The number of aliphatic hydroxyl groups is 1. The van der Waals surface area contributed by atoms with Crippen LogP contribution < -0.4 is 10.6 Å². The maximum Gasteiger partial charge on any atom is 0.251 e. The maximum absolute atomic E-state index is 12.1. The van der Waals surface area contributed by atoms with E-state index in [4.69, 9.17) is 5.11 Å². The fourth-order valence-electron chi connectivity index (χ4n) is 2.77. The smallest absolute Gasteiger partial charge is 0.251 e. The van der Waals surface area contributed by atoms with Crippen molar-refractivity contribution < 1.29 is 9.90 Å². The first-order valence-electron chi connectivity index (χ1n) is 8.36. The second-order valence-electron chi connectivity index (χ2n) is 6.10. The van der Waals surface area contributed by atoms with Gasteiger partial charge >= 0.3 is 0 Å². The minimum Gasteiger partial charge on any atom is -0.395 e. The van der Waals surface area contributed by atoms with E-state index in [9.17, 15) is 4.79 Å². The predicted molar refractivity (Wildman–Crippen MR) is 96.6 cm³/mol. The molecule has 128 valence electrons. The molecule has 3 rings (SSSR count). The zero-order chi connectivity index (χ0) is 16.9. The molecule has 0 saturated heterocycles. The first-order chi connectivity index (χ1) is 11.7. The van der Waals surface area contributed by atoms with Crippen LogP contribution in [0.3, 0.4) is 0 Å². The largest absolute Gasteiger partial charge is 0.395 e. The molecule has 1 saturated carbocycles. The Morgan fingerprint density at radius 2 is 2.25 bits per heavy atom. The Bertz CT molecular complexity index is 710. The highest BCUT2D eigenvalue weighted by atomic mass is 32.1. The van der Waals surface area contributed by atoms with Crippen LogP contribution in [0.2, 0.25) is 0 Å². The monoisotopic (exact) mass is 345 g/mol. The van der Waals surface area contributed by atoms with Crippen molar-refractivity contribution in [1.29, 1.82) is 0 Å². The Balaban J connectivity index is 1.64. The van der Waals surface area contributed by atoms with E-state index in [1.165, 1.54) is 29.1 Å². The van der Waals surface area contributed by atoms with Crippen LogP contribution >= 0.6 is 11.3 Å². The average molecular weight is 345 g/mol. The van der Waals surface area contributed by atoms with Crippen molar-refractivity contribution in [3.05, 3.63) is 45.4 Å². The Kier molecular flexibility index (Phi) is 5.48. The summed E-state index contributed by atoms with van der Waals surface area (Å²) in [7, 11) is 0. The summed E-state index contributed by atoms with van der Waals surface area (Å²) >= 11 is 1.78. The van der Waals surface area contributed by atoms with E-state index in [1.807, 2.05) is 25.3 Å². The summed E-state index contributed by atoms with van der Waals surface area (Å²) in [6, 6.07) is 5.65. The number of nitrogens with one attached hydrogen (secondary N) is 2. The van der Waals surface area contributed by atoms with Crippen LogP contribution in [0.25, 0.3) is 0 Å². The number of rotatable bonds is 7. The van der Waals surface area contributed by atoms with E-state index in [-0.39, 0.29) is 19.1 Å². The number of amides is 1. The number of anilines is 1. The van der Waals surface area contributed by atoms with Crippen molar-refractivity contribution >= 4 is 22.9 Å². The molecule has 1 aromatic carbocycles. The van der Waals surface area contributed by atoms with Gasteiger partial charge in [-0.2, -0.15) is 0 Å². The first-order valence-corrected chi connectivity index (χ1v) is 9.18. The SMILES string of the molecule is Cc1c(NCc2cnc(C3CCC3)s2)cccc1C(=O)NCCO. The van der Waals surface area contributed by atoms with Gasteiger partial charge in [0, 0.05) is 34.8 Å². The molecule has 1 aliphatic carbocycles. The minimum absolute atomic E-state index is 0.0581. The summed E-state index contributed by atoms with van der Waals surface area (Å²) in [5, 5.41) is 16.2. The third-order valence-electron chi connectivity index (χ3n) is 4.45. The molecule has 2 aromatic rings. The van der Waals surface area contributed by atoms with Crippen LogP contribution in [0, 0.1) is 6.92 Å². The molecule has 1 aromatic heterocycles. The molecule has 1 amide bonds. The van der Waals surface area contributed by atoms with E-state index in [2.05, 4.69) is 15.6 Å². The van der Waals surface area contributed by atoms with Gasteiger partial charge < -0.3 is 15.7 Å². The van der Waals surface area contributed by atoms with Gasteiger partial charge in [0.1, 0.15) is 0 Å². The van der Waals surface area contributed by atoms with Gasteiger partial charge in [-0.1, -0.05) is 12.5 Å². The number of aromatic nitrogens is 1. The van der Waals surface area contributed by atoms with E-state index in [1.54, 1.807) is 17.4 Å². The fourth-order valence-corrected chi connectivity index (χ4v) is 3.79. The molecule has 6 heteroatoms. The van der Waals surface area contributed by atoms with E-state index in [0.717, 1.165) is 11.3 Å². The maximum atomic E-state index is 12.1. The van der Waals surface area contributed by atoms with E-state index in [0.29, 0.717) is 18.0 Å². The van der Waals surface area contributed by atoms with Crippen LogP contribution in [0.5, 0.6) is 0 Å².